The lowest BCUT2D eigenvalue weighted by atomic mass is 10.2. The molecule has 4 nitrogen and oxygen atoms in total. The predicted octanol–water partition coefficient (Wildman–Crippen LogP) is 1.02. The Morgan fingerprint density at radius 2 is 2.38 bits per heavy atom. The molecule has 0 spiro atoms. The molecule has 3 N–H and O–H groups in total. The Hall–Kier alpha value is -1.26. The van der Waals surface area contributed by atoms with Crippen molar-refractivity contribution in [1.82, 2.24) is 10.6 Å². The lowest BCUT2D eigenvalue weighted by Gasteiger charge is -2.11. The number of hydrogen-bond donors (Lipinski definition) is 3. The first-order valence-electron chi connectivity index (χ1n) is 5.12. The summed E-state index contributed by atoms with van der Waals surface area (Å²) in [6, 6.07) is 5.05. The summed E-state index contributed by atoms with van der Waals surface area (Å²) in [5.74, 6) is 0.280. The number of nitrogens with one attached hydrogen (secondary N) is 2. The zero-order chi connectivity index (χ0) is 11.5. The van der Waals surface area contributed by atoms with E-state index >= 15 is 0 Å². The molecule has 0 radical (unpaired) electrons. The van der Waals surface area contributed by atoms with Crippen molar-refractivity contribution in [2.24, 2.45) is 0 Å². The highest BCUT2D eigenvalue weighted by Gasteiger charge is 2.20. The molecule has 1 saturated heterocycles. The molecule has 1 heterocycles. The van der Waals surface area contributed by atoms with Crippen molar-refractivity contribution in [3.8, 4) is 5.75 Å². The molecule has 1 aliphatic heterocycles. The molecule has 1 aromatic carbocycles. The van der Waals surface area contributed by atoms with E-state index in [1.165, 1.54) is 0 Å². The van der Waals surface area contributed by atoms with Crippen molar-refractivity contribution in [3.63, 3.8) is 0 Å². The normalized spacial score (nSPS) is 19.8. The number of carbonyl (C=O) groups is 1. The van der Waals surface area contributed by atoms with E-state index in [4.69, 9.17) is 11.6 Å². The molecule has 1 aromatic rings. The summed E-state index contributed by atoms with van der Waals surface area (Å²) in [5.41, 5.74) is 0.742. The van der Waals surface area contributed by atoms with Gasteiger partial charge in [0.25, 0.3) is 0 Å². The first kappa shape index (κ1) is 11.2. The molecule has 86 valence electrons. The molecule has 1 aliphatic rings. The minimum atomic E-state index is 0.0628. The summed E-state index contributed by atoms with van der Waals surface area (Å²) in [5, 5.41) is 16.1. The highest BCUT2D eigenvalue weighted by Crippen LogP contribution is 2.21. The van der Waals surface area contributed by atoms with Gasteiger partial charge in [-0.1, -0.05) is 11.6 Å². The second kappa shape index (κ2) is 4.72. The number of phenols is 1. The van der Waals surface area contributed by atoms with Gasteiger partial charge in [-0.3, -0.25) is 4.79 Å². The summed E-state index contributed by atoms with van der Waals surface area (Å²) in [6.45, 7) is 1.15. The smallest absolute Gasteiger partial charge is 0.221 e. The minimum absolute atomic E-state index is 0.0628. The maximum Gasteiger partial charge on any atom is 0.221 e. The third kappa shape index (κ3) is 2.65. The van der Waals surface area contributed by atoms with Crippen LogP contribution in [0.5, 0.6) is 5.75 Å². The maximum absolute atomic E-state index is 11.0. The third-order valence-electron chi connectivity index (χ3n) is 2.60. The molecule has 0 bridgehead atoms. The zero-order valence-electron chi connectivity index (χ0n) is 8.66. The Balaban J connectivity index is 1.94. The lowest BCUT2D eigenvalue weighted by molar-refractivity contribution is -0.119. The van der Waals surface area contributed by atoms with Crippen molar-refractivity contribution in [3.05, 3.63) is 28.8 Å². The Kier molecular flexibility index (Phi) is 3.31. The largest absolute Gasteiger partial charge is 0.508 e. The number of carbonyl (C=O) groups excluding carboxylic acids is 1. The lowest BCUT2D eigenvalue weighted by Crippen LogP contribution is -2.30. The van der Waals surface area contributed by atoms with E-state index in [0.29, 0.717) is 24.5 Å². The number of aromatic hydroxyl groups is 1. The van der Waals surface area contributed by atoms with Crippen molar-refractivity contribution in [1.29, 1.82) is 0 Å². The first-order valence-corrected chi connectivity index (χ1v) is 5.50. The van der Waals surface area contributed by atoms with Gasteiger partial charge in [-0.2, -0.15) is 0 Å². The fraction of sp³-hybridized carbons (Fsp3) is 0.364. The van der Waals surface area contributed by atoms with Crippen LogP contribution in [0.2, 0.25) is 5.02 Å². The van der Waals surface area contributed by atoms with E-state index in [0.717, 1.165) is 5.56 Å². The minimum Gasteiger partial charge on any atom is -0.508 e. The van der Waals surface area contributed by atoms with Crippen LogP contribution in [-0.2, 0) is 11.3 Å². The van der Waals surface area contributed by atoms with Crippen molar-refractivity contribution in [2.45, 2.75) is 19.0 Å². The van der Waals surface area contributed by atoms with Crippen molar-refractivity contribution in [2.75, 3.05) is 6.54 Å². The van der Waals surface area contributed by atoms with Gasteiger partial charge in [-0.25, -0.2) is 0 Å². The van der Waals surface area contributed by atoms with Gasteiger partial charge in [0, 0.05) is 36.1 Å². The Morgan fingerprint density at radius 1 is 1.56 bits per heavy atom. The Labute approximate surface area is 98.6 Å². The van der Waals surface area contributed by atoms with Gasteiger partial charge in [0.2, 0.25) is 5.91 Å². The molecular weight excluding hydrogens is 228 g/mol. The quantitative estimate of drug-likeness (QED) is 0.740. The molecular formula is C11H13ClN2O2. The molecule has 1 unspecified atom stereocenters. The molecule has 1 atom stereocenters. The number of phenolic OH excluding ortho intramolecular Hbond substituents is 1. The summed E-state index contributed by atoms with van der Waals surface area (Å²) in [7, 11) is 0. The molecule has 0 aromatic heterocycles. The van der Waals surface area contributed by atoms with Crippen LogP contribution in [0.1, 0.15) is 12.0 Å². The molecule has 5 heteroatoms. The second-order valence-electron chi connectivity index (χ2n) is 3.86. The van der Waals surface area contributed by atoms with Gasteiger partial charge in [0.05, 0.1) is 0 Å². The van der Waals surface area contributed by atoms with Crippen LogP contribution in [0.15, 0.2) is 18.2 Å². The monoisotopic (exact) mass is 240 g/mol. The number of hydrogen-bond acceptors (Lipinski definition) is 3. The first-order chi connectivity index (χ1) is 7.65. The Bertz CT molecular complexity index is 409. The maximum atomic E-state index is 11.0. The summed E-state index contributed by atoms with van der Waals surface area (Å²) >= 11 is 5.83. The molecule has 16 heavy (non-hydrogen) atoms. The Morgan fingerprint density at radius 3 is 3.06 bits per heavy atom. The highest BCUT2D eigenvalue weighted by molar-refractivity contribution is 6.30. The van der Waals surface area contributed by atoms with Crippen LogP contribution in [0.4, 0.5) is 0 Å². The fourth-order valence-corrected chi connectivity index (χ4v) is 1.89. The number of rotatable bonds is 3. The van der Waals surface area contributed by atoms with Gasteiger partial charge >= 0.3 is 0 Å². The van der Waals surface area contributed by atoms with Crippen LogP contribution < -0.4 is 10.6 Å². The summed E-state index contributed by atoms with van der Waals surface area (Å²) in [6.07, 6.45) is 0.487. The number of halogens is 1. The van der Waals surface area contributed by atoms with Crippen LogP contribution >= 0.6 is 11.6 Å². The SMILES string of the molecule is O=C1CC(NCc2cc(Cl)ccc2O)CN1. The number of amides is 1. The van der Waals surface area contributed by atoms with E-state index in [9.17, 15) is 9.90 Å². The van der Waals surface area contributed by atoms with Gasteiger partial charge in [0.15, 0.2) is 0 Å². The average Bonchev–Trinajstić information content (AvgIpc) is 2.66. The molecule has 1 amide bonds. The number of benzene rings is 1. The molecule has 2 rings (SSSR count). The molecule has 0 saturated carbocycles. The van der Waals surface area contributed by atoms with Crippen molar-refractivity contribution >= 4 is 17.5 Å². The van der Waals surface area contributed by atoms with E-state index in [-0.39, 0.29) is 17.7 Å². The van der Waals surface area contributed by atoms with Crippen molar-refractivity contribution < 1.29 is 9.90 Å². The third-order valence-corrected chi connectivity index (χ3v) is 2.84. The van der Waals surface area contributed by atoms with Gasteiger partial charge in [-0.05, 0) is 18.2 Å². The zero-order valence-corrected chi connectivity index (χ0v) is 9.42. The van der Waals surface area contributed by atoms with Gasteiger partial charge < -0.3 is 15.7 Å². The highest BCUT2D eigenvalue weighted by atomic mass is 35.5. The standard InChI is InChI=1S/C11H13ClN2O2/c12-8-1-2-10(15)7(3-8)5-13-9-4-11(16)14-6-9/h1-3,9,13,15H,4-6H2,(H,14,16). The topological polar surface area (TPSA) is 61.4 Å². The molecule has 1 fully saturated rings. The van der Waals surface area contributed by atoms with Crippen LogP contribution in [0, 0.1) is 0 Å². The van der Waals surface area contributed by atoms with Gasteiger partial charge in [-0.15, -0.1) is 0 Å². The summed E-state index contributed by atoms with van der Waals surface area (Å²) in [4.78, 5) is 11.0. The fourth-order valence-electron chi connectivity index (χ4n) is 1.70. The van der Waals surface area contributed by atoms with E-state index in [2.05, 4.69) is 10.6 Å². The molecule has 0 aliphatic carbocycles. The van der Waals surface area contributed by atoms with E-state index in [1.54, 1.807) is 18.2 Å². The second-order valence-corrected chi connectivity index (χ2v) is 4.30. The van der Waals surface area contributed by atoms with Gasteiger partial charge in [0.1, 0.15) is 5.75 Å². The average molecular weight is 241 g/mol. The van der Waals surface area contributed by atoms with Crippen LogP contribution in [0.25, 0.3) is 0 Å². The predicted molar refractivity (Wildman–Crippen MR) is 61.4 cm³/mol. The van der Waals surface area contributed by atoms with Crippen LogP contribution in [0.3, 0.4) is 0 Å². The van der Waals surface area contributed by atoms with Crippen LogP contribution in [-0.4, -0.2) is 23.6 Å². The summed E-state index contributed by atoms with van der Waals surface area (Å²) < 4.78 is 0. The van der Waals surface area contributed by atoms with E-state index in [1.807, 2.05) is 0 Å². The van der Waals surface area contributed by atoms with E-state index < -0.39 is 0 Å².